The highest BCUT2D eigenvalue weighted by atomic mass is 32.2. The minimum absolute atomic E-state index is 0.00216. The third kappa shape index (κ3) is 6.45. The number of imidazole rings is 1. The number of hydrogen-bond donors (Lipinski definition) is 2. The summed E-state index contributed by atoms with van der Waals surface area (Å²) in [7, 11) is -2.72. The molecule has 1 aliphatic rings. The summed E-state index contributed by atoms with van der Waals surface area (Å²) in [5, 5.41) is -0.197. The molecule has 0 spiro atoms. The molecule has 1 aliphatic heterocycles. The van der Waals surface area contributed by atoms with Gasteiger partial charge in [-0.05, 0) is 55.7 Å². The molecule has 5 aromatic rings. The number of rotatable bonds is 11. The monoisotopic (exact) mass is 615 g/mol. The largest absolute Gasteiger partial charge is 0.493 e. The summed E-state index contributed by atoms with van der Waals surface area (Å²) in [6.45, 7) is 2.61. The van der Waals surface area contributed by atoms with Gasteiger partial charge in [0.1, 0.15) is 12.3 Å². The van der Waals surface area contributed by atoms with Gasteiger partial charge < -0.3 is 23.9 Å². The Labute approximate surface area is 253 Å². The number of anilines is 1. The van der Waals surface area contributed by atoms with Crippen LogP contribution in [0.25, 0.3) is 22.9 Å². The van der Waals surface area contributed by atoms with Crippen LogP contribution in [0.3, 0.4) is 0 Å². The van der Waals surface area contributed by atoms with Gasteiger partial charge in [-0.1, -0.05) is 18.2 Å². The first-order valence-electron chi connectivity index (χ1n) is 13.8. The number of aromatic amines is 1. The Morgan fingerprint density at radius 1 is 1.05 bits per heavy atom. The quantitative estimate of drug-likeness (QED) is 0.210. The number of aromatic nitrogens is 6. The van der Waals surface area contributed by atoms with Crippen LogP contribution in [0, 0.1) is 6.92 Å². The molecule has 0 saturated carbocycles. The van der Waals surface area contributed by atoms with E-state index in [1.54, 1.807) is 61.1 Å². The van der Waals surface area contributed by atoms with Crippen molar-refractivity contribution < 1.29 is 27.4 Å². The van der Waals surface area contributed by atoms with Gasteiger partial charge in [0, 0.05) is 37.0 Å². The van der Waals surface area contributed by atoms with Crippen LogP contribution >= 0.6 is 0 Å². The summed E-state index contributed by atoms with van der Waals surface area (Å²) >= 11 is 0. The SMILES string of the molecule is COc1ccccc1Oc1c(NS(=O)(=O)c2ccc(C)cn2)nc(-c2ccnc(-c3ncc[nH]3)c2)nc1OCC1CCCO1. The van der Waals surface area contributed by atoms with Crippen molar-refractivity contribution in [3.05, 3.63) is 78.9 Å². The second-order valence-corrected chi connectivity index (χ2v) is 11.5. The highest BCUT2D eigenvalue weighted by molar-refractivity contribution is 7.92. The van der Waals surface area contributed by atoms with E-state index in [9.17, 15) is 8.42 Å². The normalized spacial score (nSPS) is 14.7. The lowest BCUT2D eigenvalue weighted by Crippen LogP contribution is -2.19. The van der Waals surface area contributed by atoms with Gasteiger partial charge >= 0.3 is 0 Å². The second-order valence-electron chi connectivity index (χ2n) is 9.88. The Kier molecular flexibility index (Phi) is 8.34. The summed E-state index contributed by atoms with van der Waals surface area (Å²) in [6.07, 6.45) is 7.93. The van der Waals surface area contributed by atoms with E-state index in [0.717, 1.165) is 18.4 Å². The summed E-state index contributed by atoms with van der Waals surface area (Å²) in [4.78, 5) is 25.1. The molecule has 2 N–H and O–H groups in total. The van der Waals surface area contributed by atoms with Crippen LogP contribution in [0.4, 0.5) is 5.82 Å². The molecule has 1 saturated heterocycles. The van der Waals surface area contributed by atoms with Gasteiger partial charge in [0.2, 0.25) is 5.75 Å². The van der Waals surface area contributed by atoms with Crippen molar-refractivity contribution in [3.63, 3.8) is 0 Å². The van der Waals surface area contributed by atoms with Crippen molar-refractivity contribution in [1.29, 1.82) is 0 Å². The molecule has 14 heteroatoms. The van der Waals surface area contributed by atoms with Gasteiger partial charge in [-0.2, -0.15) is 13.4 Å². The average Bonchev–Trinajstić information content (AvgIpc) is 3.77. The number of benzene rings is 1. The zero-order chi connectivity index (χ0) is 30.5. The topological polar surface area (TPSA) is 163 Å². The van der Waals surface area contributed by atoms with Gasteiger partial charge in [-0.15, -0.1) is 0 Å². The van der Waals surface area contributed by atoms with Crippen LogP contribution in [0.5, 0.6) is 23.1 Å². The van der Waals surface area contributed by atoms with Crippen molar-refractivity contribution in [2.24, 2.45) is 0 Å². The first-order valence-corrected chi connectivity index (χ1v) is 15.3. The van der Waals surface area contributed by atoms with E-state index >= 15 is 0 Å². The number of ether oxygens (including phenoxy) is 4. The van der Waals surface area contributed by atoms with E-state index in [2.05, 4.69) is 34.6 Å². The number of H-pyrrole nitrogens is 1. The molecular weight excluding hydrogens is 586 g/mol. The predicted octanol–water partition coefficient (Wildman–Crippen LogP) is 4.79. The number of pyridine rings is 2. The van der Waals surface area contributed by atoms with Gasteiger partial charge in [0.05, 0.1) is 13.2 Å². The zero-order valence-corrected chi connectivity index (χ0v) is 24.7. The number of nitrogens with one attached hydrogen (secondary N) is 2. The maximum absolute atomic E-state index is 13.6. The maximum atomic E-state index is 13.6. The molecule has 1 atom stereocenters. The molecule has 226 valence electrons. The predicted molar refractivity (Wildman–Crippen MR) is 160 cm³/mol. The molecule has 1 fully saturated rings. The molecule has 1 unspecified atom stereocenters. The van der Waals surface area contributed by atoms with Gasteiger partial charge in [-0.3, -0.25) is 9.71 Å². The fourth-order valence-electron chi connectivity index (χ4n) is 4.48. The van der Waals surface area contributed by atoms with E-state index in [0.29, 0.717) is 35.2 Å². The standard InChI is InChI=1S/C30H29N7O6S/c1-19-9-10-25(34-17-19)44(38,39)37-29-26(43-24-8-4-3-7-23(24)40-2)30(42-18-21-6-5-15-41-21)36-27(35-29)20-11-12-31-22(16-20)28-32-13-14-33-28/h3-4,7-14,16-17,21H,5-6,15,18H2,1-2H3,(H,32,33)(H,35,36,37). The molecule has 13 nitrogen and oxygen atoms in total. The molecule has 0 amide bonds. The van der Waals surface area contributed by atoms with Crippen LogP contribution < -0.4 is 18.9 Å². The summed E-state index contributed by atoms with van der Waals surface area (Å²) < 4.78 is 53.4. The second kappa shape index (κ2) is 12.7. The third-order valence-electron chi connectivity index (χ3n) is 6.70. The Hall–Kier alpha value is -5.08. The fourth-order valence-corrected chi connectivity index (χ4v) is 5.41. The third-order valence-corrected chi connectivity index (χ3v) is 7.95. The first kappa shape index (κ1) is 29.0. The van der Waals surface area contributed by atoms with Gasteiger partial charge in [0.15, 0.2) is 34.0 Å². The number of hydrogen-bond acceptors (Lipinski definition) is 11. The fraction of sp³-hybridized carbons (Fsp3) is 0.233. The van der Waals surface area contributed by atoms with E-state index in [1.807, 2.05) is 6.92 Å². The summed E-state index contributed by atoms with van der Waals surface area (Å²) in [5.41, 5.74) is 1.88. The lowest BCUT2D eigenvalue weighted by atomic mass is 10.2. The first-order chi connectivity index (χ1) is 21.4. The number of aryl methyl sites for hydroxylation is 1. The number of sulfonamides is 1. The number of nitrogens with zero attached hydrogens (tertiary/aromatic N) is 5. The van der Waals surface area contributed by atoms with Crippen molar-refractivity contribution in [1.82, 2.24) is 29.9 Å². The molecule has 5 heterocycles. The molecule has 0 bridgehead atoms. The molecule has 6 rings (SSSR count). The van der Waals surface area contributed by atoms with E-state index in [1.165, 1.54) is 19.4 Å². The Morgan fingerprint density at radius 3 is 2.64 bits per heavy atom. The van der Waals surface area contributed by atoms with Crippen molar-refractivity contribution in [2.45, 2.75) is 30.9 Å². The number of para-hydroxylation sites is 2. The van der Waals surface area contributed by atoms with Crippen molar-refractivity contribution in [3.8, 4) is 46.0 Å². The van der Waals surface area contributed by atoms with E-state index in [4.69, 9.17) is 18.9 Å². The zero-order valence-electron chi connectivity index (χ0n) is 23.9. The van der Waals surface area contributed by atoms with Gasteiger partial charge in [-0.25, -0.2) is 15.0 Å². The average molecular weight is 616 g/mol. The molecule has 0 radical (unpaired) electrons. The summed E-state index contributed by atoms with van der Waals surface area (Å²) in [6, 6.07) is 13.4. The molecular formula is C30H29N7O6S. The lowest BCUT2D eigenvalue weighted by molar-refractivity contribution is 0.0654. The van der Waals surface area contributed by atoms with Crippen LogP contribution in [0.15, 0.2) is 78.3 Å². The molecule has 0 aliphatic carbocycles. The minimum Gasteiger partial charge on any atom is -0.493 e. The van der Waals surface area contributed by atoms with Crippen LogP contribution in [0.1, 0.15) is 18.4 Å². The maximum Gasteiger partial charge on any atom is 0.280 e. The van der Waals surface area contributed by atoms with Crippen molar-refractivity contribution >= 4 is 15.8 Å². The van der Waals surface area contributed by atoms with E-state index < -0.39 is 10.0 Å². The summed E-state index contributed by atoms with van der Waals surface area (Å²) in [5.74, 6) is 1.18. The van der Waals surface area contributed by atoms with Crippen LogP contribution in [-0.2, 0) is 14.8 Å². The molecule has 44 heavy (non-hydrogen) atoms. The Morgan fingerprint density at radius 2 is 1.91 bits per heavy atom. The van der Waals surface area contributed by atoms with Crippen molar-refractivity contribution in [2.75, 3.05) is 25.0 Å². The number of methoxy groups -OCH3 is 1. The highest BCUT2D eigenvalue weighted by Gasteiger charge is 2.27. The minimum atomic E-state index is -4.22. The smallest absolute Gasteiger partial charge is 0.280 e. The Bertz CT molecular complexity index is 1840. The highest BCUT2D eigenvalue weighted by Crippen LogP contribution is 2.42. The van der Waals surface area contributed by atoms with Crippen LogP contribution in [0.2, 0.25) is 0 Å². The van der Waals surface area contributed by atoms with E-state index in [-0.39, 0.29) is 41.0 Å². The lowest BCUT2D eigenvalue weighted by Gasteiger charge is -2.19. The van der Waals surface area contributed by atoms with Crippen LogP contribution in [-0.4, -0.2) is 64.7 Å². The molecule has 4 aromatic heterocycles. The Balaban J connectivity index is 1.49. The van der Waals surface area contributed by atoms with Gasteiger partial charge in [0.25, 0.3) is 15.9 Å². The molecule has 1 aromatic carbocycles.